The average molecular weight is 389 g/mol. The lowest BCUT2D eigenvalue weighted by atomic mass is 10.1. The highest BCUT2D eigenvalue weighted by molar-refractivity contribution is 9.10. The summed E-state index contributed by atoms with van der Waals surface area (Å²) in [6, 6.07) is 1.82. The van der Waals surface area contributed by atoms with Gasteiger partial charge in [0.15, 0.2) is 0 Å². The number of nitrogens with zero attached hydrogens (tertiary/aromatic N) is 1. The summed E-state index contributed by atoms with van der Waals surface area (Å²) in [7, 11) is 1.39. The lowest BCUT2D eigenvalue weighted by molar-refractivity contribution is -0.117. The summed E-state index contributed by atoms with van der Waals surface area (Å²) >= 11 is 2.84. The SMILES string of the molecule is O=C1CC(CS(=O)(=O)Cl)CN1c1cc(F)c(Br)cc1F. The summed E-state index contributed by atoms with van der Waals surface area (Å²) in [5, 5.41) is 0. The summed E-state index contributed by atoms with van der Waals surface area (Å²) in [6.07, 6.45) is -0.0664. The molecule has 1 unspecified atom stereocenters. The van der Waals surface area contributed by atoms with Crippen molar-refractivity contribution >= 4 is 47.3 Å². The largest absolute Gasteiger partial charge is 0.309 e. The van der Waals surface area contributed by atoms with Crippen LogP contribution in [0.25, 0.3) is 0 Å². The van der Waals surface area contributed by atoms with Crippen molar-refractivity contribution in [2.75, 3.05) is 17.2 Å². The standard InChI is InChI=1S/C11H9BrClF2NO3S/c12-7-2-9(15)10(3-8(7)14)16-4-6(1-11(16)17)5-20(13,18)19/h2-3,6H,1,4-5H2. The zero-order valence-corrected chi connectivity index (χ0v) is 13.1. The van der Waals surface area contributed by atoms with Crippen LogP contribution in [0, 0.1) is 17.6 Å². The van der Waals surface area contributed by atoms with Crippen LogP contribution in [-0.2, 0) is 13.8 Å². The maximum atomic E-state index is 13.8. The van der Waals surface area contributed by atoms with Gasteiger partial charge in [0.1, 0.15) is 11.6 Å². The predicted octanol–water partition coefficient (Wildman–Crippen LogP) is 2.65. The molecule has 0 saturated carbocycles. The first-order chi connectivity index (χ1) is 9.17. The van der Waals surface area contributed by atoms with E-state index in [1.54, 1.807) is 0 Å². The topological polar surface area (TPSA) is 54.5 Å². The van der Waals surface area contributed by atoms with E-state index in [0.29, 0.717) is 0 Å². The molecular weight excluding hydrogens is 380 g/mol. The number of hydrogen-bond acceptors (Lipinski definition) is 3. The van der Waals surface area contributed by atoms with Crippen LogP contribution in [0.2, 0.25) is 0 Å². The van der Waals surface area contributed by atoms with Crippen LogP contribution in [0.4, 0.5) is 14.5 Å². The molecule has 0 radical (unpaired) electrons. The number of halogens is 4. The van der Waals surface area contributed by atoms with Gasteiger partial charge in [-0.1, -0.05) is 0 Å². The van der Waals surface area contributed by atoms with Crippen LogP contribution >= 0.6 is 26.6 Å². The third kappa shape index (κ3) is 3.48. The van der Waals surface area contributed by atoms with Gasteiger partial charge in [-0.15, -0.1) is 0 Å². The third-order valence-electron chi connectivity index (χ3n) is 2.92. The second kappa shape index (κ2) is 5.57. The Morgan fingerprint density at radius 1 is 1.35 bits per heavy atom. The quantitative estimate of drug-likeness (QED) is 0.591. The molecule has 2 rings (SSSR count). The van der Waals surface area contributed by atoms with Crippen LogP contribution in [0.15, 0.2) is 16.6 Å². The molecule has 1 atom stereocenters. The maximum Gasteiger partial charge on any atom is 0.232 e. The van der Waals surface area contributed by atoms with E-state index in [2.05, 4.69) is 15.9 Å². The molecule has 9 heteroatoms. The van der Waals surface area contributed by atoms with Gasteiger partial charge in [-0.3, -0.25) is 4.79 Å². The fourth-order valence-corrected chi connectivity index (χ4v) is 3.76. The molecule has 0 aliphatic carbocycles. The Balaban J connectivity index is 2.26. The molecule has 20 heavy (non-hydrogen) atoms. The Kier molecular flexibility index (Phi) is 4.36. The number of benzene rings is 1. The van der Waals surface area contributed by atoms with E-state index in [4.69, 9.17) is 10.7 Å². The van der Waals surface area contributed by atoms with Crippen molar-refractivity contribution < 1.29 is 22.0 Å². The number of anilines is 1. The first-order valence-electron chi connectivity index (χ1n) is 5.54. The number of rotatable bonds is 3. The van der Waals surface area contributed by atoms with Crippen molar-refractivity contribution in [1.29, 1.82) is 0 Å². The van der Waals surface area contributed by atoms with Gasteiger partial charge in [0.2, 0.25) is 15.0 Å². The predicted molar refractivity (Wildman–Crippen MR) is 74.2 cm³/mol. The van der Waals surface area contributed by atoms with Crippen molar-refractivity contribution in [3.63, 3.8) is 0 Å². The number of amides is 1. The van der Waals surface area contributed by atoms with Gasteiger partial charge in [-0.05, 0) is 22.0 Å². The van der Waals surface area contributed by atoms with Gasteiger partial charge < -0.3 is 4.90 Å². The molecule has 0 aromatic heterocycles. The van der Waals surface area contributed by atoms with Crippen LogP contribution in [0.1, 0.15) is 6.42 Å². The van der Waals surface area contributed by atoms with E-state index in [1.807, 2.05) is 0 Å². The van der Waals surface area contributed by atoms with Crippen molar-refractivity contribution in [3.8, 4) is 0 Å². The number of carbonyl (C=O) groups excluding carboxylic acids is 1. The molecule has 110 valence electrons. The Labute approximate surface area is 127 Å². The van der Waals surface area contributed by atoms with E-state index in [1.165, 1.54) is 0 Å². The van der Waals surface area contributed by atoms with Crippen LogP contribution < -0.4 is 4.90 Å². The fourth-order valence-electron chi connectivity index (χ4n) is 2.13. The summed E-state index contributed by atoms with van der Waals surface area (Å²) in [4.78, 5) is 12.8. The molecule has 1 aliphatic rings. The minimum absolute atomic E-state index is 0.0111. The van der Waals surface area contributed by atoms with Crippen molar-refractivity contribution in [2.24, 2.45) is 5.92 Å². The number of hydrogen-bond donors (Lipinski definition) is 0. The van der Waals surface area contributed by atoms with Gasteiger partial charge in [-0.2, -0.15) is 0 Å². The molecule has 1 fully saturated rings. The summed E-state index contributed by atoms with van der Waals surface area (Å²) < 4.78 is 49.2. The van der Waals surface area contributed by atoms with E-state index in [-0.39, 0.29) is 28.9 Å². The molecule has 0 bridgehead atoms. The minimum Gasteiger partial charge on any atom is -0.309 e. The summed E-state index contributed by atoms with van der Waals surface area (Å²) in [5.74, 6) is -2.84. The van der Waals surface area contributed by atoms with Gasteiger partial charge in [0.05, 0.1) is 15.9 Å². The lowest BCUT2D eigenvalue weighted by Gasteiger charge is -2.17. The fraction of sp³-hybridized carbons (Fsp3) is 0.364. The molecule has 1 saturated heterocycles. The monoisotopic (exact) mass is 387 g/mol. The van der Waals surface area contributed by atoms with Gasteiger partial charge in [0, 0.05) is 35.6 Å². The Morgan fingerprint density at radius 2 is 2.00 bits per heavy atom. The molecule has 1 aromatic carbocycles. The highest BCUT2D eigenvalue weighted by atomic mass is 79.9. The van der Waals surface area contributed by atoms with Gasteiger partial charge in [0.25, 0.3) is 0 Å². The molecular formula is C11H9BrClF2NO3S. The van der Waals surface area contributed by atoms with Crippen molar-refractivity contribution in [3.05, 3.63) is 28.2 Å². The molecule has 0 N–H and O–H groups in total. The van der Waals surface area contributed by atoms with E-state index in [0.717, 1.165) is 17.0 Å². The first kappa shape index (κ1) is 15.7. The van der Waals surface area contributed by atoms with Crippen LogP contribution in [0.5, 0.6) is 0 Å². The van der Waals surface area contributed by atoms with E-state index in [9.17, 15) is 22.0 Å². The van der Waals surface area contributed by atoms with Gasteiger partial charge >= 0.3 is 0 Å². The lowest BCUT2D eigenvalue weighted by Crippen LogP contribution is -2.26. The Morgan fingerprint density at radius 3 is 2.60 bits per heavy atom. The van der Waals surface area contributed by atoms with Crippen LogP contribution in [-0.4, -0.2) is 26.6 Å². The molecule has 0 spiro atoms. The summed E-state index contributed by atoms with van der Waals surface area (Å²) in [6.45, 7) is -0.0111. The molecule has 1 aliphatic heterocycles. The second-order valence-corrected chi connectivity index (χ2v) is 8.17. The first-order valence-corrected chi connectivity index (χ1v) is 8.82. The smallest absolute Gasteiger partial charge is 0.232 e. The van der Waals surface area contributed by atoms with Crippen LogP contribution in [0.3, 0.4) is 0 Å². The number of carbonyl (C=O) groups is 1. The molecule has 1 amide bonds. The minimum atomic E-state index is -3.74. The van der Waals surface area contributed by atoms with Gasteiger partial charge in [-0.25, -0.2) is 17.2 Å². The van der Waals surface area contributed by atoms with E-state index < -0.39 is 32.5 Å². The summed E-state index contributed by atoms with van der Waals surface area (Å²) in [5.41, 5.74) is -0.204. The van der Waals surface area contributed by atoms with E-state index >= 15 is 0 Å². The zero-order valence-electron chi connectivity index (χ0n) is 9.95. The second-order valence-electron chi connectivity index (χ2n) is 4.50. The Hall–Kier alpha value is -0.730. The highest BCUT2D eigenvalue weighted by Crippen LogP contribution is 2.31. The Bertz CT molecular complexity index is 668. The maximum absolute atomic E-state index is 13.8. The van der Waals surface area contributed by atoms with Crippen molar-refractivity contribution in [2.45, 2.75) is 6.42 Å². The normalized spacial score (nSPS) is 19.7. The van der Waals surface area contributed by atoms with Crippen molar-refractivity contribution in [1.82, 2.24) is 0 Å². The zero-order chi connectivity index (χ0) is 15.1. The highest BCUT2D eigenvalue weighted by Gasteiger charge is 2.34. The molecule has 1 heterocycles. The average Bonchev–Trinajstić information content (AvgIpc) is 2.62. The molecule has 4 nitrogen and oxygen atoms in total. The third-order valence-corrected chi connectivity index (χ3v) is 4.78. The molecule has 1 aromatic rings.